The molecule has 0 radical (unpaired) electrons. The molecular formula is C15H23N5O2. The highest BCUT2D eigenvalue weighted by molar-refractivity contribution is 5.92. The third kappa shape index (κ3) is 2.49. The van der Waals surface area contributed by atoms with E-state index >= 15 is 0 Å². The number of aromatic amines is 1. The highest BCUT2D eigenvalue weighted by atomic mass is 16.5. The zero-order valence-electron chi connectivity index (χ0n) is 13.6. The number of anilines is 1. The maximum absolute atomic E-state index is 5.71. The van der Waals surface area contributed by atoms with Gasteiger partial charge in [0.1, 0.15) is 23.6 Å². The fourth-order valence-electron chi connectivity index (χ4n) is 3.02. The van der Waals surface area contributed by atoms with Gasteiger partial charge in [-0.1, -0.05) is 13.8 Å². The molecule has 4 rings (SSSR count). The number of nitrogens with one attached hydrogen (secondary N) is 1. The quantitative estimate of drug-likeness (QED) is 0.869. The molecule has 2 atom stereocenters. The minimum Gasteiger partial charge on any atom is -0.474 e. The molecule has 120 valence electrons. The average Bonchev–Trinajstić information content (AvgIpc) is 3.07. The van der Waals surface area contributed by atoms with Crippen LogP contribution in [0.4, 0.5) is 5.82 Å². The number of ether oxygens (including phenoxy) is 2. The van der Waals surface area contributed by atoms with Gasteiger partial charge in [-0.05, 0) is 20.3 Å². The second-order valence-electron chi connectivity index (χ2n) is 5.42. The van der Waals surface area contributed by atoms with Crippen LogP contribution in [-0.2, 0) is 4.74 Å². The lowest BCUT2D eigenvalue weighted by Gasteiger charge is -2.27. The topological polar surface area (TPSA) is 76.2 Å². The first kappa shape index (κ1) is 15.0. The molecule has 0 aromatic carbocycles. The zero-order chi connectivity index (χ0) is 15.7. The maximum atomic E-state index is 5.71. The first-order chi connectivity index (χ1) is 10.7. The molecule has 2 unspecified atom stereocenters. The lowest BCUT2D eigenvalue weighted by Crippen LogP contribution is -2.39. The van der Waals surface area contributed by atoms with E-state index in [2.05, 4.69) is 32.0 Å². The van der Waals surface area contributed by atoms with Gasteiger partial charge in [0.2, 0.25) is 5.88 Å². The smallest absolute Gasteiger partial charge is 0.246 e. The predicted molar refractivity (Wildman–Crippen MR) is 84.4 cm³/mol. The maximum Gasteiger partial charge on any atom is 0.246 e. The molecule has 0 aliphatic carbocycles. The Morgan fingerprint density at radius 1 is 1.27 bits per heavy atom. The van der Waals surface area contributed by atoms with Crippen molar-refractivity contribution in [3.63, 3.8) is 0 Å². The molecule has 22 heavy (non-hydrogen) atoms. The van der Waals surface area contributed by atoms with E-state index in [9.17, 15) is 0 Å². The normalized spacial score (nSPS) is 23.7. The van der Waals surface area contributed by atoms with E-state index in [1.165, 1.54) is 0 Å². The molecule has 0 bridgehead atoms. The van der Waals surface area contributed by atoms with Crippen molar-refractivity contribution in [3.05, 3.63) is 5.82 Å². The van der Waals surface area contributed by atoms with Gasteiger partial charge in [-0.2, -0.15) is 0 Å². The van der Waals surface area contributed by atoms with Crippen LogP contribution in [0.2, 0.25) is 0 Å². The molecule has 2 aromatic heterocycles. The van der Waals surface area contributed by atoms with Gasteiger partial charge < -0.3 is 14.4 Å². The van der Waals surface area contributed by atoms with Gasteiger partial charge >= 0.3 is 0 Å². The van der Waals surface area contributed by atoms with Gasteiger partial charge in [0.25, 0.3) is 0 Å². The third-order valence-corrected chi connectivity index (χ3v) is 3.94. The number of nitrogens with zero attached hydrogens (tertiary/aromatic N) is 4. The van der Waals surface area contributed by atoms with E-state index in [4.69, 9.17) is 9.47 Å². The first-order valence-corrected chi connectivity index (χ1v) is 7.96. The second kappa shape index (κ2) is 6.08. The standard InChI is InChI=1S/C13H17N5O2.C2H6/c1-7-5-9(6-20-7)18-3-4-19-13-10-11(16-17-13)14-8(2)15-12(10)18;1-2/h7,9H,3-6H2,1-2H3,(H,14,15,16,17);1-2H3. The van der Waals surface area contributed by atoms with E-state index < -0.39 is 0 Å². The fraction of sp³-hybridized carbons (Fsp3) is 0.667. The molecule has 2 aromatic rings. The van der Waals surface area contributed by atoms with Crippen LogP contribution in [0.5, 0.6) is 5.88 Å². The SMILES string of the molecule is CC.Cc1nc2c3c(n[nH]c3n1)OCCN2C1COC(C)C1. The summed E-state index contributed by atoms with van der Waals surface area (Å²) in [6, 6.07) is 0.340. The molecular weight excluding hydrogens is 282 g/mol. The molecule has 0 saturated carbocycles. The van der Waals surface area contributed by atoms with Gasteiger partial charge in [0, 0.05) is 0 Å². The first-order valence-electron chi connectivity index (χ1n) is 7.96. The van der Waals surface area contributed by atoms with Crippen molar-refractivity contribution in [1.29, 1.82) is 0 Å². The molecule has 2 aliphatic heterocycles. The van der Waals surface area contributed by atoms with Crippen LogP contribution in [0, 0.1) is 6.92 Å². The van der Waals surface area contributed by atoms with Crippen LogP contribution < -0.4 is 9.64 Å². The third-order valence-electron chi connectivity index (χ3n) is 3.94. The van der Waals surface area contributed by atoms with E-state index in [-0.39, 0.29) is 0 Å². The monoisotopic (exact) mass is 305 g/mol. The molecule has 7 nitrogen and oxygen atoms in total. The lowest BCUT2D eigenvalue weighted by atomic mass is 10.1. The van der Waals surface area contributed by atoms with Crippen molar-refractivity contribution in [2.75, 3.05) is 24.7 Å². The Hall–Kier alpha value is -1.89. The van der Waals surface area contributed by atoms with Crippen molar-refractivity contribution < 1.29 is 9.47 Å². The number of hydrogen-bond donors (Lipinski definition) is 1. The van der Waals surface area contributed by atoms with E-state index in [0.717, 1.165) is 42.2 Å². The summed E-state index contributed by atoms with van der Waals surface area (Å²) in [6.07, 6.45) is 1.31. The highest BCUT2D eigenvalue weighted by Gasteiger charge is 2.32. The van der Waals surface area contributed by atoms with Crippen molar-refractivity contribution in [1.82, 2.24) is 20.2 Å². The van der Waals surface area contributed by atoms with Crippen molar-refractivity contribution >= 4 is 16.9 Å². The molecule has 1 fully saturated rings. The molecule has 0 spiro atoms. The Morgan fingerprint density at radius 2 is 2.09 bits per heavy atom. The highest BCUT2D eigenvalue weighted by Crippen LogP contribution is 2.35. The van der Waals surface area contributed by atoms with E-state index in [0.29, 0.717) is 24.6 Å². The number of H-pyrrole nitrogens is 1. The van der Waals surface area contributed by atoms with Crippen LogP contribution in [0.25, 0.3) is 11.0 Å². The largest absolute Gasteiger partial charge is 0.474 e. The summed E-state index contributed by atoms with van der Waals surface area (Å²) in [4.78, 5) is 11.3. The Kier molecular flexibility index (Phi) is 4.15. The predicted octanol–water partition coefficient (Wildman–Crippen LogP) is 2.06. The summed E-state index contributed by atoms with van der Waals surface area (Å²) in [5.74, 6) is 2.25. The lowest BCUT2D eigenvalue weighted by molar-refractivity contribution is 0.123. The zero-order valence-corrected chi connectivity index (χ0v) is 13.6. The van der Waals surface area contributed by atoms with E-state index in [1.807, 2.05) is 20.8 Å². The van der Waals surface area contributed by atoms with Gasteiger partial charge in [-0.3, -0.25) is 5.10 Å². The molecule has 2 aliphatic rings. The average molecular weight is 305 g/mol. The van der Waals surface area contributed by atoms with Gasteiger partial charge in [-0.25, -0.2) is 9.97 Å². The number of aromatic nitrogens is 4. The number of rotatable bonds is 1. The Bertz CT molecular complexity index is 657. The number of aryl methyl sites for hydroxylation is 1. The summed E-state index contributed by atoms with van der Waals surface area (Å²) in [6.45, 7) is 10.1. The van der Waals surface area contributed by atoms with Crippen LogP contribution in [0.3, 0.4) is 0 Å². The summed E-state index contributed by atoms with van der Waals surface area (Å²) < 4.78 is 11.4. The fourth-order valence-corrected chi connectivity index (χ4v) is 3.02. The van der Waals surface area contributed by atoms with Crippen LogP contribution >= 0.6 is 0 Å². The minimum absolute atomic E-state index is 0.298. The molecule has 0 amide bonds. The summed E-state index contributed by atoms with van der Waals surface area (Å²) >= 11 is 0. The number of hydrogen-bond acceptors (Lipinski definition) is 6. The van der Waals surface area contributed by atoms with Crippen LogP contribution in [-0.4, -0.2) is 52.1 Å². The molecule has 4 heterocycles. The summed E-state index contributed by atoms with van der Waals surface area (Å²) in [7, 11) is 0. The summed E-state index contributed by atoms with van der Waals surface area (Å²) in [5.41, 5.74) is 0.737. The van der Waals surface area contributed by atoms with Crippen LogP contribution in [0.1, 0.15) is 33.0 Å². The second-order valence-corrected chi connectivity index (χ2v) is 5.42. The molecule has 1 N–H and O–H groups in total. The van der Waals surface area contributed by atoms with Gasteiger partial charge in [0.05, 0.1) is 25.3 Å². The van der Waals surface area contributed by atoms with Crippen molar-refractivity contribution in [2.24, 2.45) is 0 Å². The van der Waals surface area contributed by atoms with Gasteiger partial charge in [0.15, 0.2) is 5.65 Å². The molecule has 7 heteroatoms. The molecule has 1 saturated heterocycles. The van der Waals surface area contributed by atoms with Crippen molar-refractivity contribution in [2.45, 2.75) is 46.3 Å². The summed E-state index contributed by atoms with van der Waals surface area (Å²) in [5, 5.41) is 8.00. The van der Waals surface area contributed by atoms with E-state index in [1.54, 1.807) is 0 Å². The van der Waals surface area contributed by atoms with Crippen LogP contribution in [0.15, 0.2) is 0 Å². The Balaban J connectivity index is 0.000000693. The Morgan fingerprint density at radius 3 is 2.82 bits per heavy atom. The minimum atomic E-state index is 0.298. The van der Waals surface area contributed by atoms with Crippen molar-refractivity contribution in [3.8, 4) is 5.88 Å². The Labute approximate surface area is 130 Å². The van der Waals surface area contributed by atoms with Gasteiger partial charge in [-0.15, -0.1) is 5.10 Å².